The molecule has 33 heavy (non-hydrogen) atoms. The van der Waals surface area contributed by atoms with E-state index in [0.717, 1.165) is 25.7 Å². The summed E-state index contributed by atoms with van der Waals surface area (Å²) >= 11 is 0. The Labute approximate surface area is 195 Å². The Morgan fingerprint density at radius 2 is 1.76 bits per heavy atom. The van der Waals surface area contributed by atoms with Crippen molar-refractivity contribution >= 4 is 29.4 Å². The van der Waals surface area contributed by atoms with Crippen molar-refractivity contribution in [3.63, 3.8) is 0 Å². The molecule has 0 radical (unpaired) electrons. The van der Waals surface area contributed by atoms with Gasteiger partial charge in [-0.1, -0.05) is 13.3 Å². The van der Waals surface area contributed by atoms with Crippen LogP contribution in [0.3, 0.4) is 0 Å². The minimum atomic E-state index is -1.06. The SMILES string of the molecule is CC1(C[C@H](NC(=O)C(=O)NC(C)(C)C)C(=O)N[C@@H](C[C@@H]2CCCNC2=O)C(=O)CO)CCC1. The third-order valence-electron chi connectivity index (χ3n) is 6.35. The van der Waals surface area contributed by atoms with Crippen molar-refractivity contribution in [1.82, 2.24) is 21.3 Å². The summed E-state index contributed by atoms with van der Waals surface area (Å²) in [6, 6.07) is -2.09. The van der Waals surface area contributed by atoms with Crippen molar-refractivity contribution in [2.75, 3.05) is 13.2 Å². The van der Waals surface area contributed by atoms with Gasteiger partial charge in [0, 0.05) is 18.0 Å². The van der Waals surface area contributed by atoms with E-state index in [1.165, 1.54) is 0 Å². The Kier molecular flexibility index (Phi) is 8.99. The first-order valence-corrected chi connectivity index (χ1v) is 11.7. The van der Waals surface area contributed by atoms with E-state index >= 15 is 0 Å². The number of hydrogen-bond donors (Lipinski definition) is 5. The summed E-state index contributed by atoms with van der Waals surface area (Å²) in [5.74, 6) is -3.62. The Balaban J connectivity index is 2.13. The maximum atomic E-state index is 13.2. The normalized spacial score (nSPS) is 21.6. The van der Waals surface area contributed by atoms with Crippen LogP contribution in [0.2, 0.25) is 0 Å². The quantitative estimate of drug-likeness (QED) is 0.300. The molecule has 0 bridgehead atoms. The molecular formula is C23H38N4O6. The van der Waals surface area contributed by atoms with Gasteiger partial charge >= 0.3 is 11.8 Å². The van der Waals surface area contributed by atoms with Gasteiger partial charge in [-0.25, -0.2) is 0 Å². The average molecular weight is 467 g/mol. The molecule has 0 spiro atoms. The summed E-state index contributed by atoms with van der Waals surface area (Å²) in [6.07, 6.45) is 4.54. The Morgan fingerprint density at radius 1 is 1.09 bits per heavy atom. The van der Waals surface area contributed by atoms with Crippen molar-refractivity contribution in [2.45, 2.75) is 90.3 Å². The molecule has 5 N–H and O–H groups in total. The Hall–Kier alpha value is -2.49. The molecule has 2 fully saturated rings. The summed E-state index contributed by atoms with van der Waals surface area (Å²) in [5.41, 5.74) is -0.777. The number of hydrogen-bond acceptors (Lipinski definition) is 6. The number of amides is 4. The monoisotopic (exact) mass is 466 g/mol. The molecule has 3 atom stereocenters. The van der Waals surface area contributed by atoms with E-state index in [0.29, 0.717) is 19.4 Å². The summed E-state index contributed by atoms with van der Waals surface area (Å²) in [5, 5.41) is 19.8. The zero-order valence-corrected chi connectivity index (χ0v) is 20.1. The minimum absolute atomic E-state index is 0.0689. The van der Waals surface area contributed by atoms with Crippen molar-refractivity contribution in [3.05, 3.63) is 0 Å². The number of aliphatic hydroxyl groups excluding tert-OH is 1. The van der Waals surface area contributed by atoms with Gasteiger partial charge in [-0.05, 0) is 64.7 Å². The summed E-state index contributed by atoms with van der Waals surface area (Å²) < 4.78 is 0. The van der Waals surface area contributed by atoms with Crippen LogP contribution in [0.5, 0.6) is 0 Å². The molecule has 2 aliphatic rings. The molecule has 186 valence electrons. The number of carbonyl (C=O) groups is 5. The predicted octanol–water partition coefficient (Wildman–Crippen LogP) is -0.0713. The van der Waals surface area contributed by atoms with Crippen LogP contribution in [0.4, 0.5) is 0 Å². The zero-order valence-electron chi connectivity index (χ0n) is 20.1. The standard InChI is InChI=1S/C23H38N4O6/c1-22(2,3)27-21(33)20(32)26-16(12-23(4)8-6-9-23)19(31)25-15(17(29)13-28)11-14-7-5-10-24-18(14)30/h14-16,28H,5-13H2,1-4H3,(H,24,30)(H,25,31)(H,26,32)(H,27,33)/t14-,15-,16-/m0/s1. The molecule has 10 heteroatoms. The van der Waals surface area contributed by atoms with E-state index in [1.54, 1.807) is 20.8 Å². The van der Waals surface area contributed by atoms with Gasteiger partial charge in [0.1, 0.15) is 12.6 Å². The fraction of sp³-hybridized carbons (Fsp3) is 0.783. The predicted molar refractivity (Wildman–Crippen MR) is 121 cm³/mol. The molecule has 1 saturated heterocycles. The van der Waals surface area contributed by atoms with Crippen LogP contribution < -0.4 is 21.3 Å². The number of piperidine rings is 1. The second-order valence-electron chi connectivity index (χ2n) is 10.6. The number of carbonyl (C=O) groups excluding carboxylic acids is 5. The first kappa shape index (κ1) is 26.8. The number of Topliss-reactive ketones (excluding diaryl/α,β-unsaturated/α-hetero) is 1. The van der Waals surface area contributed by atoms with Gasteiger partial charge in [-0.3, -0.25) is 24.0 Å². The fourth-order valence-electron chi connectivity index (χ4n) is 4.31. The highest BCUT2D eigenvalue weighted by atomic mass is 16.3. The maximum Gasteiger partial charge on any atom is 0.309 e. The van der Waals surface area contributed by atoms with E-state index in [2.05, 4.69) is 21.3 Å². The first-order valence-electron chi connectivity index (χ1n) is 11.7. The van der Waals surface area contributed by atoms with Crippen LogP contribution in [0.15, 0.2) is 0 Å². The van der Waals surface area contributed by atoms with E-state index in [4.69, 9.17) is 0 Å². The molecule has 1 aliphatic carbocycles. The highest BCUT2D eigenvalue weighted by molar-refractivity contribution is 6.35. The lowest BCUT2D eigenvalue weighted by Crippen LogP contribution is -2.57. The topological polar surface area (TPSA) is 154 Å². The van der Waals surface area contributed by atoms with Crippen molar-refractivity contribution in [3.8, 4) is 0 Å². The molecular weight excluding hydrogens is 428 g/mol. The highest BCUT2D eigenvalue weighted by Gasteiger charge is 2.39. The largest absolute Gasteiger partial charge is 0.389 e. The number of aliphatic hydroxyl groups is 1. The lowest BCUT2D eigenvalue weighted by Gasteiger charge is -2.41. The molecule has 1 aliphatic heterocycles. The molecule has 4 amide bonds. The third-order valence-corrected chi connectivity index (χ3v) is 6.35. The van der Waals surface area contributed by atoms with Crippen LogP contribution in [-0.4, -0.2) is 65.3 Å². The number of nitrogens with one attached hydrogen (secondary N) is 4. The second-order valence-corrected chi connectivity index (χ2v) is 10.6. The lowest BCUT2D eigenvalue weighted by atomic mass is 9.67. The maximum absolute atomic E-state index is 13.2. The van der Waals surface area contributed by atoms with E-state index in [-0.39, 0.29) is 17.7 Å². The van der Waals surface area contributed by atoms with Crippen LogP contribution in [-0.2, 0) is 24.0 Å². The molecule has 0 aromatic rings. The van der Waals surface area contributed by atoms with Gasteiger partial charge in [0.25, 0.3) is 0 Å². The Morgan fingerprint density at radius 3 is 2.27 bits per heavy atom. The van der Waals surface area contributed by atoms with Crippen LogP contribution in [0, 0.1) is 11.3 Å². The number of ketones is 1. The smallest absolute Gasteiger partial charge is 0.309 e. The zero-order chi connectivity index (χ0) is 24.8. The van der Waals surface area contributed by atoms with Crippen LogP contribution in [0.1, 0.15) is 72.6 Å². The van der Waals surface area contributed by atoms with Gasteiger partial charge in [0.05, 0.1) is 6.04 Å². The van der Waals surface area contributed by atoms with E-state index in [1.807, 2.05) is 6.92 Å². The fourth-order valence-corrected chi connectivity index (χ4v) is 4.31. The minimum Gasteiger partial charge on any atom is -0.389 e. The molecule has 10 nitrogen and oxygen atoms in total. The van der Waals surface area contributed by atoms with Gasteiger partial charge in [-0.15, -0.1) is 0 Å². The van der Waals surface area contributed by atoms with Gasteiger partial charge in [0.15, 0.2) is 5.78 Å². The number of rotatable bonds is 9. The summed E-state index contributed by atoms with van der Waals surface area (Å²) in [4.78, 5) is 62.4. The molecule has 1 heterocycles. The van der Waals surface area contributed by atoms with Gasteiger partial charge in [-0.2, -0.15) is 0 Å². The van der Waals surface area contributed by atoms with Crippen molar-refractivity contribution < 1.29 is 29.1 Å². The van der Waals surface area contributed by atoms with Gasteiger partial charge in [0.2, 0.25) is 11.8 Å². The second kappa shape index (κ2) is 11.1. The molecule has 2 rings (SSSR count). The van der Waals surface area contributed by atoms with Gasteiger partial charge < -0.3 is 26.4 Å². The third kappa shape index (κ3) is 8.10. The molecule has 0 aromatic carbocycles. The molecule has 0 aromatic heterocycles. The average Bonchev–Trinajstić information content (AvgIpc) is 2.71. The Bertz CT molecular complexity index is 771. The lowest BCUT2D eigenvalue weighted by molar-refractivity contribution is -0.142. The van der Waals surface area contributed by atoms with Crippen LogP contribution in [0.25, 0.3) is 0 Å². The highest BCUT2D eigenvalue weighted by Crippen LogP contribution is 2.44. The molecule has 1 saturated carbocycles. The summed E-state index contributed by atoms with van der Waals surface area (Å²) in [7, 11) is 0. The summed E-state index contributed by atoms with van der Waals surface area (Å²) in [6.45, 7) is 7.03. The molecule has 0 unspecified atom stereocenters. The van der Waals surface area contributed by atoms with Crippen LogP contribution >= 0.6 is 0 Å². The van der Waals surface area contributed by atoms with E-state index in [9.17, 15) is 29.1 Å². The van der Waals surface area contributed by atoms with E-state index < -0.39 is 53.7 Å². The van der Waals surface area contributed by atoms with Crippen molar-refractivity contribution in [1.29, 1.82) is 0 Å². The van der Waals surface area contributed by atoms with Crippen molar-refractivity contribution in [2.24, 2.45) is 11.3 Å². The first-order chi connectivity index (χ1) is 15.3.